The molecule has 0 amide bonds. The van der Waals surface area contributed by atoms with E-state index in [1.165, 1.54) is 3.57 Å². The molecular formula is C14H12ClIO. The lowest BCUT2D eigenvalue weighted by Crippen LogP contribution is -1.89. The first-order valence-electron chi connectivity index (χ1n) is 5.28. The van der Waals surface area contributed by atoms with Crippen LogP contribution in [-0.4, -0.2) is 0 Å². The number of alkyl halides is 1. The van der Waals surface area contributed by atoms with Crippen LogP contribution in [0.3, 0.4) is 0 Å². The average Bonchev–Trinajstić information content (AvgIpc) is 2.35. The van der Waals surface area contributed by atoms with Gasteiger partial charge in [0.25, 0.3) is 0 Å². The molecule has 0 aliphatic rings. The van der Waals surface area contributed by atoms with E-state index in [9.17, 15) is 0 Å². The molecule has 0 N–H and O–H groups in total. The van der Waals surface area contributed by atoms with Crippen molar-refractivity contribution in [3.63, 3.8) is 0 Å². The lowest BCUT2D eigenvalue weighted by atomic mass is 10.1. The summed E-state index contributed by atoms with van der Waals surface area (Å²) in [7, 11) is 0. The van der Waals surface area contributed by atoms with E-state index in [1.54, 1.807) is 0 Å². The Bertz CT molecular complexity index is 508. The quantitative estimate of drug-likeness (QED) is 0.546. The van der Waals surface area contributed by atoms with Crippen molar-refractivity contribution in [2.75, 3.05) is 0 Å². The fraction of sp³-hybridized carbons (Fsp3) is 0.143. The maximum Gasteiger partial charge on any atom is 0.130 e. The largest absolute Gasteiger partial charge is 0.457 e. The molecule has 0 bridgehead atoms. The molecule has 0 atom stereocenters. The Kier molecular flexibility index (Phi) is 4.29. The molecule has 0 aromatic heterocycles. The van der Waals surface area contributed by atoms with Crippen LogP contribution in [0.2, 0.25) is 0 Å². The molecule has 3 heteroatoms. The lowest BCUT2D eigenvalue weighted by molar-refractivity contribution is 0.478. The van der Waals surface area contributed by atoms with Gasteiger partial charge in [0, 0.05) is 9.45 Å². The predicted octanol–water partition coefficient (Wildman–Crippen LogP) is 5.13. The van der Waals surface area contributed by atoms with E-state index < -0.39 is 0 Å². The summed E-state index contributed by atoms with van der Waals surface area (Å²) < 4.78 is 7.04. The van der Waals surface area contributed by atoms with Crippen LogP contribution >= 0.6 is 34.2 Å². The van der Waals surface area contributed by atoms with Crippen molar-refractivity contribution in [1.29, 1.82) is 0 Å². The Morgan fingerprint density at radius 1 is 1.12 bits per heavy atom. The Morgan fingerprint density at radius 3 is 2.47 bits per heavy atom. The molecule has 0 fully saturated rings. The zero-order valence-corrected chi connectivity index (χ0v) is 12.3. The number of aryl methyl sites for hydroxylation is 1. The zero-order valence-electron chi connectivity index (χ0n) is 9.41. The van der Waals surface area contributed by atoms with Gasteiger partial charge >= 0.3 is 0 Å². The summed E-state index contributed by atoms with van der Waals surface area (Å²) in [6, 6.07) is 14.0. The maximum atomic E-state index is 5.84. The molecule has 1 nitrogen and oxygen atoms in total. The first kappa shape index (κ1) is 12.7. The van der Waals surface area contributed by atoms with E-state index in [-0.39, 0.29) is 0 Å². The predicted molar refractivity (Wildman–Crippen MR) is 80.0 cm³/mol. The summed E-state index contributed by atoms with van der Waals surface area (Å²) >= 11 is 8.09. The van der Waals surface area contributed by atoms with Gasteiger partial charge in [-0.2, -0.15) is 0 Å². The molecule has 2 rings (SSSR count). The maximum absolute atomic E-state index is 5.84. The molecule has 0 saturated carbocycles. The number of halogens is 2. The van der Waals surface area contributed by atoms with Crippen LogP contribution < -0.4 is 4.74 Å². The first-order valence-corrected chi connectivity index (χ1v) is 6.89. The first-order chi connectivity index (χ1) is 8.19. The molecule has 0 aliphatic carbocycles. The molecule has 2 aromatic carbocycles. The number of hydrogen-bond donors (Lipinski definition) is 0. The number of rotatable bonds is 3. The molecule has 0 spiro atoms. The summed E-state index contributed by atoms with van der Waals surface area (Å²) in [5.41, 5.74) is 2.18. The number of ether oxygens (including phenoxy) is 1. The third kappa shape index (κ3) is 3.36. The SMILES string of the molecule is Cc1ccc(CCl)cc1Oc1ccc(I)cc1. The Morgan fingerprint density at radius 2 is 1.82 bits per heavy atom. The third-order valence-corrected chi connectivity index (χ3v) is 3.48. The standard InChI is InChI=1S/C14H12ClIO/c1-10-2-3-11(9-15)8-14(10)17-13-6-4-12(16)5-7-13/h2-8H,9H2,1H3. The summed E-state index contributed by atoms with van der Waals surface area (Å²) in [4.78, 5) is 0. The van der Waals surface area contributed by atoms with Crippen LogP contribution in [0.4, 0.5) is 0 Å². The van der Waals surface area contributed by atoms with Crippen LogP contribution in [0.1, 0.15) is 11.1 Å². The third-order valence-electron chi connectivity index (χ3n) is 2.45. The number of benzene rings is 2. The highest BCUT2D eigenvalue weighted by Gasteiger charge is 2.03. The van der Waals surface area contributed by atoms with Crippen molar-refractivity contribution in [3.8, 4) is 11.5 Å². The topological polar surface area (TPSA) is 9.23 Å². The highest BCUT2D eigenvalue weighted by atomic mass is 127. The van der Waals surface area contributed by atoms with Crippen molar-refractivity contribution >= 4 is 34.2 Å². The summed E-state index contributed by atoms with van der Waals surface area (Å²) in [6.45, 7) is 2.03. The molecule has 0 heterocycles. The van der Waals surface area contributed by atoms with E-state index in [4.69, 9.17) is 16.3 Å². The second-order valence-corrected chi connectivity index (χ2v) is 5.30. The summed E-state index contributed by atoms with van der Waals surface area (Å²) in [5.74, 6) is 2.22. The smallest absolute Gasteiger partial charge is 0.130 e. The van der Waals surface area contributed by atoms with Gasteiger partial charge in [-0.1, -0.05) is 12.1 Å². The minimum Gasteiger partial charge on any atom is -0.457 e. The molecule has 0 unspecified atom stereocenters. The Labute approximate surface area is 120 Å². The summed E-state index contributed by atoms with van der Waals surface area (Å²) in [5, 5.41) is 0. The highest BCUT2D eigenvalue weighted by Crippen LogP contribution is 2.27. The van der Waals surface area contributed by atoms with Gasteiger partial charge < -0.3 is 4.74 Å². The normalized spacial score (nSPS) is 10.3. The van der Waals surface area contributed by atoms with Gasteiger partial charge in [0.15, 0.2) is 0 Å². The fourth-order valence-electron chi connectivity index (χ4n) is 1.47. The van der Waals surface area contributed by atoms with E-state index in [1.807, 2.05) is 49.4 Å². The van der Waals surface area contributed by atoms with Crippen molar-refractivity contribution < 1.29 is 4.74 Å². The van der Waals surface area contributed by atoms with Crippen molar-refractivity contribution in [2.45, 2.75) is 12.8 Å². The zero-order chi connectivity index (χ0) is 12.3. The molecule has 0 radical (unpaired) electrons. The van der Waals surface area contributed by atoms with E-state index >= 15 is 0 Å². The van der Waals surface area contributed by atoms with Gasteiger partial charge in [0.05, 0.1) is 0 Å². The van der Waals surface area contributed by atoms with Crippen molar-refractivity contribution in [1.82, 2.24) is 0 Å². The Hall–Kier alpha value is -0.740. The minimum atomic E-state index is 0.503. The van der Waals surface area contributed by atoms with Crippen LogP contribution in [0.25, 0.3) is 0 Å². The van der Waals surface area contributed by atoms with E-state index in [2.05, 4.69) is 22.6 Å². The van der Waals surface area contributed by atoms with Crippen LogP contribution in [0.15, 0.2) is 42.5 Å². The van der Waals surface area contributed by atoms with E-state index in [0.717, 1.165) is 22.6 Å². The molecule has 17 heavy (non-hydrogen) atoms. The second-order valence-electron chi connectivity index (χ2n) is 3.79. The van der Waals surface area contributed by atoms with Crippen molar-refractivity contribution in [2.24, 2.45) is 0 Å². The minimum absolute atomic E-state index is 0.503. The second kappa shape index (κ2) is 5.74. The molecule has 0 aliphatic heterocycles. The Balaban J connectivity index is 2.25. The van der Waals surface area contributed by atoms with Crippen LogP contribution in [-0.2, 0) is 5.88 Å². The van der Waals surface area contributed by atoms with Gasteiger partial charge in [-0.05, 0) is 71.0 Å². The van der Waals surface area contributed by atoms with Gasteiger partial charge in [-0.25, -0.2) is 0 Å². The van der Waals surface area contributed by atoms with Gasteiger partial charge in [-0.3, -0.25) is 0 Å². The monoisotopic (exact) mass is 358 g/mol. The molecule has 88 valence electrons. The van der Waals surface area contributed by atoms with Gasteiger partial charge in [0.2, 0.25) is 0 Å². The summed E-state index contributed by atoms with van der Waals surface area (Å²) in [6.07, 6.45) is 0. The van der Waals surface area contributed by atoms with Crippen LogP contribution in [0, 0.1) is 10.5 Å². The molecular weight excluding hydrogens is 347 g/mol. The molecule has 0 saturated heterocycles. The fourth-order valence-corrected chi connectivity index (χ4v) is 1.99. The van der Waals surface area contributed by atoms with E-state index in [0.29, 0.717) is 5.88 Å². The van der Waals surface area contributed by atoms with Gasteiger partial charge in [-0.15, -0.1) is 11.6 Å². The van der Waals surface area contributed by atoms with Gasteiger partial charge in [0.1, 0.15) is 11.5 Å². The lowest BCUT2D eigenvalue weighted by Gasteiger charge is -2.10. The number of hydrogen-bond acceptors (Lipinski definition) is 1. The van der Waals surface area contributed by atoms with Crippen molar-refractivity contribution in [3.05, 3.63) is 57.2 Å². The molecule has 2 aromatic rings. The average molecular weight is 359 g/mol. The van der Waals surface area contributed by atoms with Crippen LogP contribution in [0.5, 0.6) is 11.5 Å². The highest BCUT2D eigenvalue weighted by molar-refractivity contribution is 14.1.